The normalized spacial score (nSPS) is 15.0. The number of nitrogens with zero attached hydrogens (tertiary/aromatic N) is 2. The summed E-state index contributed by atoms with van der Waals surface area (Å²) < 4.78 is 27.0. The van der Waals surface area contributed by atoms with Crippen molar-refractivity contribution in [3.63, 3.8) is 0 Å². The number of hydrogen-bond donors (Lipinski definition) is 1. The highest BCUT2D eigenvalue weighted by molar-refractivity contribution is 9.10. The maximum Gasteiger partial charge on any atom is 0.244 e. The molecular weight excluding hydrogens is 518 g/mol. The number of amides is 2. The Labute approximate surface area is 210 Å². The lowest BCUT2D eigenvalue weighted by molar-refractivity contribution is -0.140. The molecule has 2 amide bonds. The van der Waals surface area contributed by atoms with Crippen molar-refractivity contribution in [1.29, 1.82) is 0 Å². The van der Waals surface area contributed by atoms with Crippen LogP contribution in [0.15, 0.2) is 59.1 Å². The van der Waals surface area contributed by atoms with E-state index in [1.54, 1.807) is 24.3 Å². The highest BCUT2D eigenvalue weighted by Gasteiger charge is 2.33. The zero-order chi connectivity index (χ0) is 24.7. The van der Waals surface area contributed by atoms with Crippen LogP contribution in [0.1, 0.15) is 44.6 Å². The zero-order valence-corrected chi connectivity index (χ0v) is 22.0. The molecular formula is C25H32BrN3O4S. The van der Waals surface area contributed by atoms with Crippen LogP contribution in [0.4, 0.5) is 5.69 Å². The molecule has 1 aliphatic rings. The average molecular weight is 551 g/mol. The van der Waals surface area contributed by atoms with Crippen LogP contribution in [-0.4, -0.2) is 50.0 Å². The molecule has 1 atom stereocenters. The van der Waals surface area contributed by atoms with E-state index in [0.717, 1.165) is 41.8 Å². The lowest BCUT2D eigenvalue weighted by Crippen LogP contribution is -2.53. The fraction of sp³-hybridized carbons (Fsp3) is 0.440. The topological polar surface area (TPSA) is 86.8 Å². The molecule has 2 aromatic rings. The largest absolute Gasteiger partial charge is 0.352 e. The quantitative estimate of drug-likeness (QED) is 0.483. The summed E-state index contributed by atoms with van der Waals surface area (Å²) in [5.41, 5.74) is 1.25. The van der Waals surface area contributed by atoms with E-state index in [1.165, 1.54) is 4.90 Å². The molecule has 0 saturated heterocycles. The van der Waals surface area contributed by atoms with Crippen molar-refractivity contribution in [3.8, 4) is 0 Å². The number of benzene rings is 2. The standard InChI is InChI=1S/C25H32BrN3O4S/c1-3-22(25(31)27-20-13-7-8-14-20)28(17-19-11-5-4-6-12-19)24(30)18-29(34(2,32)33)23-16-10-9-15-21(23)26/h4-6,9-12,15-16,20,22H,3,7-8,13-14,17-18H2,1-2H3,(H,27,31). The maximum absolute atomic E-state index is 13.7. The van der Waals surface area contributed by atoms with Crippen molar-refractivity contribution < 1.29 is 18.0 Å². The van der Waals surface area contributed by atoms with E-state index in [-0.39, 0.29) is 18.5 Å². The van der Waals surface area contributed by atoms with Crippen LogP contribution in [0.25, 0.3) is 0 Å². The van der Waals surface area contributed by atoms with Crippen LogP contribution in [-0.2, 0) is 26.2 Å². The summed E-state index contributed by atoms with van der Waals surface area (Å²) in [6.45, 7) is 1.68. The molecule has 1 aliphatic carbocycles. The van der Waals surface area contributed by atoms with Gasteiger partial charge in [0.25, 0.3) is 0 Å². The van der Waals surface area contributed by atoms with Crippen LogP contribution in [0.3, 0.4) is 0 Å². The van der Waals surface area contributed by atoms with Crippen LogP contribution in [0, 0.1) is 0 Å². The zero-order valence-electron chi connectivity index (χ0n) is 19.6. The van der Waals surface area contributed by atoms with Gasteiger partial charge in [-0.3, -0.25) is 13.9 Å². The number of carbonyl (C=O) groups is 2. The number of hydrogen-bond acceptors (Lipinski definition) is 4. The third kappa shape index (κ3) is 6.82. The first-order valence-electron chi connectivity index (χ1n) is 11.6. The van der Waals surface area contributed by atoms with E-state index >= 15 is 0 Å². The fourth-order valence-electron chi connectivity index (χ4n) is 4.32. The molecule has 0 spiro atoms. The lowest BCUT2D eigenvalue weighted by atomic mass is 10.1. The van der Waals surface area contributed by atoms with E-state index in [0.29, 0.717) is 16.6 Å². The minimum atomic E-state index is -3.76. The summed E-state index contributed by atoms with van der Waals surface area (Å²) >= 11 is 3.39. The van der Waals surface area contributed by atoms with E-state index in [2.05, 4.69) is 21.2 Å². The number of halogens is 1. The first kappa shape index (κ1) is 26.2. The Morgan fingerprint density at radius 1 is 1.06 bits per heavy atom. The van der Waals surface area contributed by atoms with Crippen molar-refractivity contribution in [2.45, 2.75) is 57.7 Å². The number of sulfonamides is 1. The predicted octanol–water partition coefficient (Wildman–Crippen LogP) is 4.08. The molecule has 0 bridgehead atoms. The summed E-state index contributed by atoms with van der Waals surface area (Å²) in [5, 5.41) is 3.10. The molecule has 2 aromatic carbocycles. The lowest BCUT2D eigenvalue weighted by Gasteiger charge is -2.33. The molecule has 0 aliphatic heterocycles. The number of nitrogens with one attached hydrogen (secondary N) is 1. The highest BCUT2D eigenvalue weighted by Crippen LogP contribution is 2.28. The Morgan fingerprint density at radius 2 is 1.68 bits per heavy atom. The Hall–Kier alpha value is -2.39. The highest BCUT2D eigenvalue weighted by atomic mass is 79.9. The van der Waals surface area contributed by atoms with Crippen LogP contribution in [0.2, 0.25) is 0 Å². The van der Waals surface area contributed by atoms with Gasteiger partial charge in [0.2, 0.25) is 21.8 Å². The molecule has 1 unspecified atom stereocenters. The molecule has 1 fully saturated rings. The first-order valence-corrected chi connectivity index (χ1v) is 14.2. The SMILES string of the molecule is CCC(C(=O)NC1CCCC1)N(Cc1ccccc1)C(=O)CN(c1ccccc1Br)S(C)(=O)=O. The van der Waals surface area contributed by atoms with Gasteiger partial charge in [-0.1, -0.05) is 62.2 Å². The van der Waals surface area contributed by atoms with E-state index in [4.69, 9.17) is 0 Å². The number of anilines is 1. The van der Waals surface area contributed by atoms with Crippen molar-refractivity contribution >= 4 is 43.5 Å². The predicted molar refractivity (Wildman–Crippen MR) is 138 cm³/mol. The minimum Gasteiger partial charge on any atom is -0.352 e. The molecule has 1 saturated carbocycles. The van der Waals surface area contributed by atoms with Crippen LogP contribution in [0.5, 0.6) is 0 Å². The van der Waals surface area contributed by atoms with Gasteiger partial charge in [0.1, 0.15) is 12.6 Å². The van der Waals surface area contributed by atoms with Gasteiger partial charge in [0.15, 0.2) is 0 Å². The average Bonchev–Trinajstić information content (AvgIpc) is 3.31. The van der Waals surface area contributed by atoms with E-state index in [1.807, 2.05) is 37.3 Å². The number of para-hydroxylation sites is 1. The van der Waals surface area contributed by atoms with Crippen molar-refractivity contribution in [1.82, 2.24) is 10.2 Å². The van der Waals surface area contributed by atoms with Crippen molar-refractivity contribution in [2.75, 3.05) is 17.1 Å². The summed E-state index contributed by atoms with van der Waals surface area (Å²) in [5.74, 6) is -0.621. The Morgan fingerprint density at radius 3 is 2.26 bits per heavy atom. The molecule has 7 nitrogen and oxygen atoms in total. The monoisotopic (exact) mass is 549 g/mol. The third-order valence-corrected chi connectivity index (χ3v) is 7.88. The van der Waals surface area contributed by atoms with Gasteiger partial charge in [-0.2, -0.15) is 0 Å². The number of rotatable bonds is 10. The van der Waals surface area contributed by atoms with Crippen LogP contribution >= 0.6 is 15.9 Å². The molecule has 3 rings (SSSR count). The second-order valence-electron chi connectivity index (χ2n) is 8.64. The Bertz CT molecular complexity index is 1090. The van der Waals surface area contributed by atoms with Gasteiger partial charge in [0.05, 0.1) is 11.9 Å². The van der Waals surface area contributed by atoms with Crippen molar-refractivity contribution in [2.24, 2.45) is 0 Å². The summed E-state index contributed by atoms with van der Waals surface area (Å²) in [7, 11) is -3.76. The van der Waals surface area contributed by atoms with Gasteiger partial charge in [-0.05, 0) is 52.9 Å². The van der Waals surface area contributed by atoms with Gasteiger partial charge in [0, 0.05) is 17.1 Å². The maximum atomic E-state index is 13.7. The van der Waals surface area contributed by atoms with Gasteiger partial charge in [-0.15, -0.1) is 0 Å². The summed E-state index contributed by atoms with van der Waals surface area (Å²) in [6, 6.07) is 15.7. The molecule has 0 heterocycles. The molecule has 184 valence electrons. The Kier molecular flexibility index (Phi) is 9.13. The van der Waals surface area contributed by atoms with E-state index in [9.17, 15) is 18.0 Å². The molecule has 0 aromatic heterocycles. The van der Waals surface area contributed by atoms with Gasteiger partial charge >= 0.3 is 0 Å². The molecule has 34 heavy (non-hydrogen) atoms. The molecule has 1 N–H and O–H groups in total. The second-order valence-corrected chi connectivity index (χ2v) is 11.4. The van der Waals surface area contributed by atoms with Crippen molar-refractivity contribution in [3.05, 3.63) is 64.6 Å². The number of carbonyl (C=O) groups excluding carboxylic acids is 2. The molecule has 0 radical (unpaired) electrons. The van der Waals surface area contributed by atoms with Gasteiger partial charge < -0.3 is 10.2 Å². The summed E-state index contributed by atoms with van der Waals surface area (Å²) in [4.78, 5) is 28.4. The van der Waals surface area contributed by atoms with E-state index < -0.39 is 28.5 Å². The third-order valence-electron chi connectivity index (χ3n) is 6.08. The summed E-state index contributed by atoms with van der Waals surface area (Å²) in [6.07, 6.45) is 5.56. The Balaban J connectivity index is 1.91. The van der Waals surface area contributed by atoms with Gasteiger partial charge in [-0.25, -0.2) is 8.42 Å². The second kappa shape index (κ2) is 11.8. The minimum absolute atomic E-state index is 0.128. The first-order chi connectivity index (χ1) is 16.2. The fourth-order valence-corrected chi connectivity index (χ4v) is 5.79. The van der Waals surface area contributed by atoms with Crippen LogP contribution < -0.4 is 9.62 Å². The molecule has 9 heteroatoms. The smallest absolute Gasteiger partial charge is 0.244 e.